The second-order valence-corrected chi connectivity index (χ2v) is 9.79. The maximum absolute atomic E-state index is 12.6. The van der Waals surface area contributed by atoms with Crippen LogP contribution in [-0.2, 0) is 19.8 Å². The number of nitro benzene ring substituents is 4. The number of nitrogens with zero attached hydrogens (tertiary/aromatic N) is 7. The minimum Gasteiger partial charge on any atom is -0.485 e. The Kier molecular flexibility index (Phi) is 15.0. The van der Waals surface area contributed by atoms with E-state index in [1.54, 1.807) is 18.2 Å². The summed E-state index contributed by atoms with van der Waals surface area (Å²) in [7, 11) is 0. The topological polar surface area (TPSA) is 341 Å². The number of aliphatic hydroxyl groups excluding tert-OH is 1. The molecule has 54 heavy (non-hydrogen) atoms. The first-order chi connectivity index (χ1) is 25.8. The quantitative estimate of drug-likeness (QED) is 0.0857. The minimum atomic E-state index is -1.09. The van der Waals surface area contributed by atoms with Crippen LogP contribution in [0.5, 0.6) is 11.5 Å². The normalized spacial score (nSPS) is 9.89. The Hall–Kier alpha value is -8.02. The number of aromatic nitrogens is 3. The molecule has 0 aliphatic rings. The largest absolute Gasteiger partial charge is 0.485 e. The van der Waals surface area contributed by atoms with E-state index in [0.717, 1.165) is 18.2 Å². The standard InChI is InChI=1S/C10H7N3O6.C10H11N3O2.C6H3FN2O4.C4H5NO2/c14-12(15)8-1-2-10(9(3-8)13(16)17)19-5-7-4-18-6-11-7;11-7-1-2-10(9(12)3-7)15-5-8-4-14-6-13-8;7-5-2-1-4(8(10)11)3-6(5)9(12)13;6-1-4-2-7-3-5-4/h1-4,6H,5H2;1-4,6H,5,11-12H2;1-3H;2-3,6H,1H2. The molecule has 0 unspecified atom stereocenters. The van der Waals surface area contributed by atoms with Gasteiger partial charge in [0, 0.05) is 17.8 Å². The average Bonchev–Trinajstić information content (AvgIpc) is 3.96. The molecule has 282 valence electrons. The van der Waals surface area contributed by atoms with Crippen molar-refractivity contribution in [3.05, 3.63) is 156 Å². The Balaban J connectivity index is 0.000000203. The van der Waals surface area contributed by atoms with E-state index in [-0.39, 0.29) is 24.7 Å². The van der Waals surface area contributed by atoms with Gasteiger partial charge in [-0.3, -0.25) is 40.5 Å². The number of oxazole rings is 3. The lowest BCUT2D eigenvalue weighted by Crippen LogP contribution is -2.00. The lowest BCUT2D eigenvalue weighted by Gasteiger charge is -2.07. The number of benzene rings is 3. The van der Waals surface area contributed by atoms with E-state index in [1.807, 2.05) is 0 Å². The van der Waals surface area contributed by atoms with Crippen LogP contribution in [0.3, 0.4) is 0 Å². The number of hydrogen-bond donors (Lipinski definition) is 3. The van der Waals surface area contributed by atoms with Crippen molar-refractivity contribution in [3.8, 4) is 11.5 Å². The van der Waals surface area contributed by atoms with Crippen LogP contribution in [0.4, 0.5) is 38.5 Å². The van der Waals surface area contributed by atoms with Crippen molar-refractivity contribution in [2.75, 3.05) is 11.5 Å². The molecule has 3 aromatic heterocycles. The van der Waals surface area contributed by atoms with Gasteiger partial charge in [-0.1, -0.05) is 0 Å². The zero-order valence-corrected chi connectivity index (χ0v) is 27.2. The number of nitrogens with two attached hydrogens (primary N) is 2. The van der Waals surface area contributed by atoms with Crippen molar-refractivity contribution in [2.24, 2.45) is 0 Å². The number of nitro groups is 4. The monoisotopic (exact) mass is 755 g/mol. The number of hydrogen-bond acceptors (Lipinski definition) is 19. The number of nitrogen functional groups attached to an aromatic ring is 2. The Bertz CT molecular complexity index is 2130. The molecule has 0 radical (unpaired) electrons. The van der Waals surface area contributed by atoms with Gasteiger partial charge in [-0.05, 0) is 30.3 Å². The molecule has 0 fully saturated rings. The van der Waals surface area contributed by atoms with Gasteiger partial charge < -0.3 is 39.3 Å². The van der Waals surface area contributed by atoms with Crippen LogP contribution in [0.2, 0.25) is 0 Å². The van der Waals surface area contributed by atoms with Gasteiger partial charge in [0.15, 0.2) is 24.9 Å². The summed E-state index contributed by atoms with van der Waals surface area (Å²) in [6, 6.07) is 10.4. The third-order valence-corrected chi connectivity index (χ3v) is 6.08. The fourth-order valence-electron chi connectivity index (χ4n) is 3.57. The summed E-state index contributed by atoms with van der Waals surface area (Å²) in [5.74, 6) is -0.568. The van der Waals surface area contributed by atoms with Gasteiger partial charge in [0.25, 0.3) is 11.4 Å². The molecule has 24 heteroatoms. The average molecular weight is 756 g/mol. The smallest absolute Gasteiger partial charge is 0.317 e. The van der Waals surface area contributed by atoms with Crippen molar-refractivity contribution in [3.63, 3.8) is 0 Å². The van der Waals surface area contributed by atoms with E-state index in [9.17, 15) is 44.8 Å². The number of anilines is 2. The van der Waals surface area contributed by atoms with Crippen LogP contribution < -0.4 is 20.9 Å². The van der Waals surface area contributed by atoms with Crippen LogP contribution in [0.15, 0.2) is 106 Å². The summed E-state index contributed by atoms with van der Waals surface area (Å²) in [6.45, 7) is 0.246. The molecule has 0 spiro atoms. The third kappa shape index (κ3) is 12.7. The summed E-state index contributed by atoms with van der Waals surface area (Å²) in [5.41, 5.74) is 11.9. The number of aliphatic hydroxyl groups is 1. The number of non-ortho nitro benzene ring substituents is 2. The second kappa shape index (κ2) is 20.0. The maximum atomic E-state index is 12.6. The van der Waals surface area contributed by atoms with Crippen LogP contribution in [0.25, 0.3) is 0 Å². The first-order valence-corrected chi connectivity index (χ1v) is 14.4. The number of ether oxygens (including phenoxy) is 2. The third-order valence-electron chi connectivity index (χ3n) is 6.08. The van der Waals surface area contributed by atoms with Gasteiger partial charge in [0.1, 0.15) is 54.8 Å². The highest BCUT2D eigenvalue weighted by Crippen LogP contribution is 2.31. The highest BCUT2D eigenvalue weighted by Gasteiger charge is 2.21. The number of rotatable bonds is 11. The molecule has 0 saturated heterocycles. The SMILES string of the molecule is Nc1ccc(OCc2cocn2)c(N)c1.O=[N+]([O-])c1ccc(F)c([N+](=O)[O-])c1.O=[N+]([O-])c1ccc(OCc2cocn2)c([N+](=O)[O-])c1.OCc1cocn1. The van der Waals surface area contributed by atoms with E-state index in [4.69, 9.17) is 34.9 Å². The van der Waals surface area contributed by atoms with Crippen molar-refractivity contribution in [2.45, 2.75) is 19.8 Å². The Morgan fingerprint density at radius 3 is 1.52 bits per heavy atom. The van der Waals surface area contributed by atoms with Gasteiger partial charge in [-0.15, -0.1) is 0 Å². The number of halogens is 1. The van der Waals surface area contributed by atoms with Gasteiger partial charge in [-0.25, -0.2) is 15.0 Å². The molecule has 0 bridgehead atoms. The molecule has 0 amide bonds. The first kappa shape index (κ1) is 40.4. The molecule has 3 aromatic carbocycles. The van der Waals surface area contributed by atoms with Crippen LogP contribution in [0.1, 0.15) is 17.1 Å². The molecule has 6 rings (SSSR count). The van der Waals surface area contributed by atoms with E-state index >= 15 is 0 Å². The van der Waals surface area contributed by atoms with E-state index in [1.165, 1.54) is 44.0 Å². The summed E-state index contributed by atoms with van der Waals surface area (Å²) < 4.78 is 37.3. The van der Waals surface area contributed by atoms with Gasteiger partial charge in [0.05, 0.1) is 44.1 Å². The van der Waals surface area contributed by atoms with Gasteiger partial charge >= 0.3 is 11.4 Å². The zero-order valence-electron chi connectivity index (χ0n) is 27.2. The van der Waals surface area contributed by atoms with E-state index in [0.29, 0.717) is 52.9 Å². The summed E-state index contributed by atoms with van der Waals surface area (Å²) in [4.78, 5) is 49.7. The summed E-state index contributed by atoms with van der Waals surface area (Å²) >= 11 is 0. The predicted molar refractivity (Wildman–Crippen MR) is 179 cm³/mol. The molecule has 3 heterocycles. The fourth-order valence-corrected chi connectivity index (χ4v) is 3.57. The van der Waals surface area contributed by atoms with Crippen molar-refractivity contribution in [1.82, 2.24) is 15.0 Å². The van der Waals surface area contributed by atoms with E-state index < -0.39 is 42.6 Å². The Morgan fingerprint density at radius 1 is 0.630 bits per heavy atom. The zero-order chi connectivity index (χ0) is 39.6. The van der Waals surface area contributed by atoms with Crippen LogP contribution in [-0.4, -0.2) is 39.8 Å². The molecular weight excluding hydrogens is 729 g/mol. The van der Waals surface area contributed by atoms with Crippen LogP contribution in [0, 0.1) is 46.3 Å². The predicted octanol–water partition coefficient (Wildman–Crippen LogP) is 5.30. The van der Waals surface area contributed by atoms with Gasteiger partial charge in [-0.2, -0.15) is 4.39 Å². The van der Waals surface area contributed by atoms with Gasteiger partial charge in [0.2, 0.25) is 5.82 Å². The molecule has 6 aromatic rings. The molecular formula is C30H26FN9O14. The maximum Gasteiger partial charge on any atom is 0.317 e. The first-order valence-electron chi connectivity index (χ1n) is 14.4. The lowest BCUT2D eigenvalue weighted by atomic mass is 10.2. The molecule has 0 saturated carbocycles. The molecule has 23 nitrogen and oxygen atoms in total. The summed E-state index contributed by atoms with van der Waals surface area (Å²) in [5, 5.41) is 50.0. The Morgan fingerprint density at radius 2 is 1.09 bits per heavy atom. The van der Waals surface area contributed by atoms with E-state index in [2.05, 4.69) is 19.4 Å². The van der Waals surface area contributed by atoms with Crippen molar-refractivity contribution < 1.29 is 51.9 Å². The van der Waals surface area contributed by atoms with Crippen molar-refractivity contribution in [1.29, 1.82) is 0 Å². The second-order valence-electron chi connectivity index (χ2n) is 9.79. The van der Waals surface area contributed by atoms with Crippen molar-refractivity contribution >= 4 is 34.1 Å². The minimum absolute atomic E-state index is 0.0326. The summed E-state index contributed by atoms with van der Waals surface area (Å²) in [6.07, 6.45) is 8.09. The lowest BCUT2D eigenvalue weighted by molar-refractivity contribution is -0.395. The highest BCUT2D eigenvalue weighted by atomic mass is 19.1. The molecule has 5 N–H and O–H groups in total. The molecule has 0 atom stereocenters. The highest BCUT2D eigenvalue weighted by molar-refractivity contribution is 5.60. The molecule has 0 aliphatic carbocycles. The Labute approximate surface area is 299 Å². The molecule has 0 aliphatic heterocycles. The fraction of sp³-hybridized carbons (Fsp3) is 0.100. The van der Waals surface area contributed by atoms with Crippen LogP contribution >= 0.6 is 0 Å².